The molecule has 11 heavy (non-hydrogen) atoms. The summed E-state index contributed by atoms with van der Waals surface area (Å²) >= 11 is 0. The summed E-state index contributed by atoms with van der Waals surface area (Å²) in [5.41, 5.74) is -0.947. The molecule has 0 bridgehead atoms. The van der Waals surface area contributed by atoms with Crippen molar-refractivity contribution in [2.24, 2.45) is 11.8 Å². The van der Waals surface area contributed by atoms with Gasteiger partial charge in [-0.25, -0.2) is 4.39 Å². The van der Waals surface area contributed by atoms with Gasteiger partial charge in [-0.15, -0.1) is 0 Å². The van der Waals surface area contributed by atoms with Crippen LogP contribution in [0.5, 0.6) is 0 Å². The number of halogens is 1. The molecule has 1 aliphatic rings. The zero-order chi connectivity index (χ0) is 8.48. The predicted octanol–water partition coefficient (Wildman–Crippen LogP) is 3.56. The average Bonchev–Trinajstić information content (AvgIpc) is 2.61. The number of hydrogen-bond acceptors (Lipinski definition) is 0. The van der Waals surface area contributed by atoms with Crippen molar-refractivity contribution in [3.63, 3.8) is 0 Å². The maximum Gasteiger partial charge on any atom is 0.108 e. The highest BCUT2D eigenvalue weighted by Crippen LogP contribution is 2.45. The van der Waals surface area contributed by atoms with Crippen molar-refractivity contribution in [1.29, 1.82) is 0 Å². The summed E-state index contributed by atoms with van der Waals surface area (Å²) in [6.45, 7) is 5.60. The first-order valence-electron chi connectivity index (χ1n) is 4.74. The second kappa shape index (κ2) is 3.12. The van der Waals surface area contributed by atoms with Gasteiger partial charge in [0, 0.05) is 0 Å². The van der Waals surface area contributed by atoms with Crippen molar-refractivity contribution in [2.45, 2.75) is 52.1 Å². The molecule has 1 unspecified atom stereocenters. The largest absolute Gasteiger partial charge is 0.244 e. The molecule has 0 amide bonds. The van der Waals surface area contributed by atoms with Crippen LogP contribution in [0.1, 0.15) is 46.5 Å². The minimum atomic E-state index is -0.947. The first-order valence-corrected chi connectivity index (χ1v) is 4.74. The molecular formula is C10H19F. The summed E-state index contributed by atoms with van der Waals surface area (Å²) in [7, 11) is 0. The SMILES string of the molecule is CCCC(C1CC1)C(C)(C)F. The molecule has 1 atom stereocenters. The molecule has 0 aliphatic heterocycles. The normalized spacial score (nSPS) is 21.8. The van der Waals surface area contributed by atoms with E-state index < -0.39 is 5.67 Å². The lowest BCUT2D eigenvalue weighted by atomic mass is 9.85. The van der Waals surface area contributed by atoms with Crippen molar-refractivity contribution in [3.05, 3.63) is 0 Å². The van der Waals surface area contributed by atoms with Gasteiger partial charge < -0.3 is 0 Å². The highest BCUT2D eigenvalue weighted by atomic mass is 19.1. The van der Waals surface area contributed by atoms with Crippen LogP contribution in [0.3, 0.4) is 0 Å². The van der Waals surface area contributed by atoms with Crippen LogP contribution >= 0.6 is 0 Å². The summed E-state index contributed by atoms with van der Waals surface area (Å²) in [5.74, 6) is 1.03. The van der Waals surface area contributed by atoms with E-state index in [0.717, 1.165) is 12.8 Å². The topological polar surface area (TPSA) is 0 Å². The number of hydrogen-bond donors (Lipinski definition) is 0. The lowest BCUT2D eigenvalue weighted by Crippen LogP contribution is -2.27. The zero-order valence-electron chi connectivity index (χ0n) is 7.86. The van der Waals surface area contributed by atoms with Crippen LogP contribution in [0, 0.1) is 11.8 Å². The van der Waals surface area contributed by atoms with Crippen molar-refractivity contribution in [2.75, 3.05) is 0 Å². The number of rotatable bonds is 4. The Labute approximate surface area is 69.2 Å². The van der Waals surface area contributed by atoms with E-state index in [0.29, 0.717) is 11.8 Å². The Balaban J connectivity index is 2.44. The first kappa shape index (κ1) is 9.02. The molecule has 0 aromatic carbocycles. The van der Waals surface area contributed by atoms with Crippen molar-refractivity contribution in [1.82, 2.24) is 0 Å². The lowest BCUT2D eigenvalue weighted by molar-refractivity contribution is 0.100. The highest BCUT2D eigenvalue weighted by molar-refractivity contribution is 4.90. The molecule has 1 rings (SSSR count). The number of alkyl halides is 1. The smallest absolute Gasteiger partial charge is 0.108 e. The minimum absolute atomic E-state index is 0.326. The minimum Gasteiger partial charge on any atom is -0.244 e. The fourth-order valence-electron chi connectivity index (χ4n) is 1.95. The Morgan fingerprint density at radius 3 is 2.27 bits per heavy atom. The van der Waals surface area contributed by atoms with Gasteiger partial charge in [0.15, 0.2) is 0 Å². The van der Waals surface area contributed by atoms with E-state index in [2.05, 4.69) is 6.92 Å². The molecule has 66 valence electrons. The van der Waals surface area contributed by atoms with Gasteiger partial charge >= 0.3 is 0 Å². The molecule has 0 aromatic heterocycles. The Morgan fingerprint density at radius 2 is 2.00 bits per heavy atom. The molecule has 0 N–H and O–H groups in total. The lowest BCUT2D eigenvalue weighted by Gasteiger charge is -2.26. The molecule has 1 heteroatoms. The van der Waals surface area contributed by atoms with Gasteiger partial charge in [0.25, 0.3) is 0 Å². The van der Waals surface area contributed by atoms with Crippen molar-refractivity contribution < 1.29 is 4.39 Å². The van der Waals surface area contributed by atoms with Gasteiger partial charge in [0.05, 0.1) is 0 Å². The van der Waals surface area contributed by atoms with E-state index in [9.17, 15) is 4.39 Å². The van der Waals surface area contributed by atoms with Crippen molar-refractivity contribution in [3.8, 4) is 0 Å². The summed E-state index contributed by atoms with van der Waals surface area (Å²) in [6.07, 6.45) is 4.71. The maximum absolute atomic E-state index is 13.5. The molecule has 0 saturated heterocycles. The van der Waals surface area contributed by atoms with Crippen LogP contribution in [0.15, 0.2) is 0 Å². The molecule has 1 saturated carbocycles. The van der Waals surface area contributed by atoms with Crippen molar-refractivity contribution >= 4 is 0 Å². The Kier molecular flexibility index (Phi) is 2.56. The second-order valence-electron chi connectivity index (χ2n) is 4.30. The summed E-state index contributed by atoms with van der Waals surface area (Å²) in [5, 5.41) is 0. The zero-order valence-corrected chi connectivity index (χ0v) is 7.86. The van der Waals surface area contributed by atoms with E-state index in [-0.39, 0.29) is 0 Å². The highest BCUT2D eigenvalue weighted by Gasteiger charge is 2.40. The van der Waals surface area contributed by atoms with Crippen LogP contribution in [0.2, 0.25) is 0 Å². The monoisotopic (exact) mass is 158 g/mol. The molecule has 1 aliphatic carbocycles. The van der Waals surface area contributed by atoms with Crippen LogP contribution < -0.4 is 0 Å². The van der Waals surface area contributed by atoms with Gasteiger partial charge in [0.1, 0.15) is 5.67 Å². The van der Waals surface area contributed by atoms with Crippen LogP contribution in [-0.2, 0) is 0 Å². The van der Waals surface area contributed by atoms with Gasteiger partial charge in [-0.05, 0) is 44.9 Å². The van der Waals surface area contributed by atoms with Gasteiger partial charge in [-0.3, -0.25) is 0 Å². The van der Waals surface area contributed by atoms with Gasteiger partial charge in [-0.2, -0.15) is 0 Å². The first-order chi connectivity index (χ1) is 5.05. The maximum atomic E-state index is 13.5. The second-order valence-corrected chi connectivity index (χ2v) is 4.30. The van der Waals surface area contributed by atoms with Gasteiger partial charge in [-0.1, -0.05) is 13.3 Å². The fraction of sp³-hybridized carbons (Fsp3) is 1.00. The van der Waals surface area contributed by atoms with Crippen LogP contribution in [-0.4, -0.2) is 5.67 Å². The Bertz CT molecular complexity index is 119. The van der Waals surface area contributed by atoms with E-state index in [1.165, 1.54) is 12.8 Å². The molecule has 0 heterocycles. The fourth-order valence-corrected chi connectivity index (χ4v) is 1.95. The standard InChI is InChI=1S/C10H19F/c1-4-5-9(8-6-7-8)10(2,3)11/h8-9H,4-7H2,1-3H3. The third-order valence-electron chi connectivity index (χ3n) is 2.67. The molecule has 0 nitrogen and oxygen atoms in total. The summed E-state index contributed by atoms with van der Waals surface area (Å²) in [6, 6.07) is 0. The van der Waals surface area contributed by atoms with E-state index >= 15 is 0 Å². The van der Waals surface area contributed by atoms with Gasteiger partial charge in [0.2, 0.25) is 0 Å². The van der Waals surface area contributed by atoms with E-state index in [4.69, 9.17) is 0 Å². The molecule has 0 aromatic rings. The Morgan fingerprint density at radius 1 is 1.45 bits per heavy atom. The third kappa shape index (κ3) is 2.46. The Hall–Kier alpha value is -0.0700. The predicted molar refractivity (Wildman–Crippen MR) is 46.3 cm³/mol. The molecule has 1 fully saturated rings. The van der Waals surface area contributed by atoms with Crippen LogP contribution in [0.4, 0.5) is 4.39 Å². The molecular weight excluding hydrogens is 139 g/mol. The molecule has 0 spiro atoms. The third-order valence-corrected chi connectivity index (χ3v) is 2.67. The molecule has 0 radical (unpaired) electrons. The summed E-state index contributed by atoms with van der Waals surface area (Å²) in [4.78, 5) is 0. The quantitative estimate of drug-likeness (QED) is 0.587. The van der Waals surface area contributed by atoms with E-state index in [1.54, 1.807) is 13.8 Å². The van der Waals surface area contributed by atoms with Crippen LogP contribution in [0.25, 0.3) is 0 Å². The average molecular weight is 158 g/mol. The summed E-state index contributed by atoms with van der Waals surface area (Å²) < 4.78 is 13.5. The van der Waals surface area contributed by atoms with E-state index in [1.807, 2.05) is 0 Å².